The van der Waals surface area contributed by atoms with E-state index in [-0.39, 0.29) is 101 Å². The predicted octanol–water partition coefficient (Wildman–Crippen LogP) is 2.54. The van der Waals surface area contributed by atoms with Crippen LogP contribution in [0.5, 0.6) is 0 Å². The number of carbonyl (C=O) groups is 4. The molecular formula is C29H42Cl2N4O9. The zero-order chi connectivity index (χ0) is 32.8. The zero-order valence-corrected chi connectivity index (χ0v) is 26.3. The van der Waals surface area contributed by atoms with Gasteiger partial charge in [-0.15, -0.1) is 0 Å². The summed E-state index contributed by atoms with van der Waals surface area (Å²) in [4.78, 5) is 53.8. The molecule has 2 fully saturated rings. The molecule has 246 valence electrons. The monoisotopic (exact) mass is 660 g/mol. The normalized spacial score (nSPS) is 19.4. The Kier molecular flexibility index (Phi) is 15.9. The molecule has 0 radical (unpaired) electrons. The summed E-state index contributed by atoms with van der Waals surface area (Å²) in [6, 6.07) is -0.999. The molecule has 0 amide bonds. The van der Waals surface area contributed by atoms with Crippen LogP contribution in [0.4, 0.5) is 0 Å². The van der Waals surface area contributed by atoms with E-state index in [0.717, 1.165) is 24.8 Å². The van der Waals surface area contributed by atoms with Crippen molar-refractivity contribution < 1.29 is 44.3 Å². The maximum atomic E-state index is 12.6. The SMILES string of the molecule is C=C/C(Cl)=C(/OC(CCC(C(=O)O)N1CCN(CC(=O)O)CCN(CC(=O)O)CCN(CC(=O)O)CC1)=C1CCC1)C(=C)Cl. The molecule has 1 saturated heterocycles. The van der Waals surface area contributed by atoms with Crippen LogP contribution in [0.2, 0.25) is 0 Å². The average molecular weight is 662 g/mol. The van der Waals surface area contributed by atoms with Crippen LogP contribution in [-0.2, 0) is 23.9 Å². The number of carboxylic acids is 4. The summed E-state index contributed by atoms with van der Waals surface area (Å²) in [6.07, 6.45) is 4.31. The molecule has 0 spiro atoms. The third kappa shape index (κ3) is 13.0. The fourth-order valence-electron chi connectivity index (χ4n) is 5.02. The summed E-state index contributed by atoms with van der Waals surface area (Å²) < 4.78 is 6.08. The van der Waals surface area contributed by atoms with Crippen molar-refractivity contribution in [3.05, 3.63) is 46.4 Å². The first-order valence-electron chi connectivity index (χ1n) is 14.4. The molecule has 1 aliphatic heterocycles. The number of hydrogen-bond acceptors (Lipinski definition) is 9. The van der Waals surface area contributed by atoms with Crippen molar-refractivity contribution in [2.75, 3.05) is 72.0 Å². The third-order valence-corrected chi connectivity index (χ3v) is 8.04. The van der Waals surface area contributed by atoms with E-state index in [9.17, 15) is 39.6 Å². The number of allylic oxidation sites excluding steroid dienone is 5. The van der Waals surface area contributed by atoms with Crippen molar-refractivity contribution >= 4 is 47.1 Å². The summed E-state index contributed by atoms with van der Waals surface area (Å²) in [7, 11) is 0. The molecule has 1 aliphatic carbocycles. The van der Waals surface area contributed by atoms with Gasteiger partial charge < -0.3 is 25.2 Å². The predicted molar refractivity (Wildman–Crippen MR) is 164 cm³/mol. The summed E-state index contributed by atoms with van der Waals surface area (Å²) in [5, 5.41) is 38.8. The topological polar surface area (TPSA) is 171 Å². The zero-order valence-electron chi connectivity index (χ0n) is 24.8. The Morgan fingerprint density at radius 2 is 1.23 bits per heavy atom. The number of ether oxygens (including phenoxy) is 1. The lowest BCUT2D eigenvalue weighted by molar-refractivity contribution is -0.145. The third-order valence-electron chi connectivity index (χ3n) is 7.54. The number of aliphatic carboxylic acids is 4. The highest BCUT2D eigenvalue weighted by Crippen LogP contribution is 2.35. The van der Waals surface area contributed by atoms with E-state index in [2.05, 4.69) is 13.2 Å². The second kappa shape index (κ2) is 18.8. The van der Waals surface area contributed by atoms with Crippen LogP contribution in [0.3, 0.4) is 0 Å². The molecule has 0 aromatic carbocycles. The van der Waals surface area contributed by atoms with Crippen LogP contribution >= 0.6 is 23.2 Å². The largest absolute Gasteiger partial charge is 0.480 e. The van der Waals surface area contributed by atoms with Gasteiger partial charge in [0, 0.05) is 58.8 Å². The molecule has 2 aliphatic rings. The smallest absolute Gasteiger partial charge is 0.320 e. The Labute approximate surface area is 267 Å². The van der Waals surface area contributed by atoms with Crippen LogP contribution in [-0.4, -0.2) is 142 Å². The summed E-state index contributed by atoms with van der Waals surface area (Å²) >= 11 is 12.4. The van der Waals surface area contributed by atoms with Crippen molar-refractivity contribution in [1.29, 1.82) is 0 Å². The van der Waals surface area contributed by atoms with Gasteiger partial charge in [-0.25, -0.2) is 0 Å². The first-order valence-corrected chi connectivity index (χ1v) is 15.1. The maximum Gasteiger partial charge on any atom is 0.320 e. The molecule has 0 aromatic rings. The second-order valence-electron chi connectivity index (χ2n) is 10.7. The molecule has 15 heteroatoms. The van der Waals surface area contributed by atoms with Gasteiger partial charge >= 0.3 is 23.9 Å². The minimum atomic E-state index is -1.08. The molecule has 2 rings (SSSR count). The molecule has 1 saturated carbocycles. The van der Waals surface area contributed by atoms with E-state index in [4.69, 9.17) is 27.9 Å². The van der Waals surface area contributed by atoms with Crippen LogP contribution in [0.1, 0.15) is 32.1 Å². The van der Waals surface area contributed by atoms with E-state index in [0.29, 0.717) is 5.76 Å². The van der Waals surface area contributed by atoms with Crippen LogP contribution in [0, 0.1) is 0 Å². The highest BCUT2D eigenvalue weighted by atomic mass is 35.5. The Morgan fingerprint density at radius 1 is 0.795 bits per heavy atom. The van der Waals surface area contributed by atoms with Gasteiger partial charge in [-0.3, -0.25) is 38.8 Å². The lowest BCUT2D eigenvalue weighted by Crippen LogP contribution is -2.51. The van der Waals surface area contributed by atoms with Gasteiger partial charge in [0.1, 0.15) is 11.8 Å². The van der Waals surface area contributed by atoms with Crippen LogP contribution in [0.25, 0.3) is 0 Å². The van der Waals surface area contributed by atoms with E-state index < -0.39 is 29.9 Å². The van der Waals surface area contributed by atoms with E-state index in [1.54, 1.807) is 19.6 Å². The standard InChI is InChI=1S/C29H42Cl2N4O9/c1-3-22(31)28(20(2)30)44-24(21-5-4-6-21)8-7-23(29(42)43)35-15-13-33(18-26(38)39)11-9-32(17-25(36)37)10-12-34(14-16-35)19-27(40)41/h3,23H,1-2,4-19H2,(H,36,37)(H,38,39)(H,40,41)(H,42,43)/b28-22-. The van der Waals surface area contributed by atoms with Crippen molar-refractivity contribution in [2.24, 2.45) is 0 Å². The van der Waals surface area contributed by atoms with Gasteiger partial charge in [0.05, 0.1) is 29.7 Å². The Bertz CT molecular complexity index is 1110. The van der Waals surface area contributed by atoms with Gasteiger partial charge in [-0.1, -0.05) is 36.4 Å². The summed E-state index contributed by atoms with van der Waals surface area (Å²) in [6.45, 7) is 8.18. The minimum absolute atomic E-state index is 0.0733. The van der Waals surface area contributed by atoms with E-state index >= 15 is 0 Å². The first kappa shape index (κ1) is 37.2. The highest BCUT2D eigenvalue weighted by Gasteiger charge is 2.29. The van der Waals surface area contributed by atoms with Gasteiger partial charge in [0.15, 0.2) is 5.76 Å². The van der Waals surface area contributed by atoms with Gasteiger partial charge in [-0.2, -0.15) is 0 Å². The molecule has 0 aromatic heterocycles. The lowest BCUT2D eigenvalue weighted by atomic mass is 9.89. The number of rotatable bonds is 15. The fraction of sp³-hybridized carbons (Fsp3) is 0.586. The molecule has 1 atom stereocenters. The second-order valence-corrected chi connectivity index (χ2v) is 11.6. The molecule has 0 bridgehead atoms. The van der Waals surface area contributed by atoms with Crippen molar-refractivity contribution in [2.45, 2.75) is 38.1 Å². The first-order chi connectivity index (χ1) is 20.8. The Balaban J connectivity index is 2.33. The minimum Gasteiger partial charge on any atom is -0.480 e. The average Bonchev–Trinajstić information content (AvgIpc) is 2.89. The molecular weight excluding hydrogens is 619 g/mol. The number of halogens is 2. The van der Waals surface area contributed by atoms with Crippen molar-refractivity contribution in [3.63, 3.8) is 0 Å². The number of nitrogens with zero attached hydrogens (tertiary/aromatic N) is 4. The van der Waals surface area contributed by atoms with Crippen LogP contribution in [0.15, 0.2) is 46.4 Å². The summed E-state index contributed by atoms with van der Waals surface area (Å²) in [5.41, 5.74) is 1.03. The Morgan fingerprint density at radius 3 is 1.55 bits per heavy atom. The fourth-order valence-corrected chi connectivity index (χ4v) is 5.37. The lowest BCUT2D eigenvalue weighted by Gasteiger charge is -2.35. The quantitative estimate of drug-likeness (QED) is 0.149. The highest BCUT2D eigenvalue weighted by molar-refractivity contribution is 6.35. The van der Waals surface area contributed by atoms with Crippen LogP contribution < -0.4 is 0 Å². The van der Waals surface area contributed by atoms with Gasteiger partial charge in [0.25, 0.3) is 0 Å². The molecule has 44 heavy (non-hydrogen) atoms. The van der Waals surface area contributed by atoms with Crippen molar-refractivity contribution in [3.8, 4) is 0 Å². The molecule has 4 N–H and O–H groups in total. The van der Waals surface area contributed by atoms with Crippen molar-refractivity contribution in [1.82, 2.24) is 19.6 Å². The molecule has 13 nitrogen and oxygen atoms in total. The van der Waals surface area contributed by atoms with E-state index in [1.807, 2.05) is 0 Å². The summed E-state index contributed by atoms with van der Waals surface area (Å²) in [5.74, 6) is -3.56. The molecule has 1 heterocycles. The maximum absolute atomic E-state index is 12.6. The van der Waals surface area contributed by atoms with Gasteiger partial charge in [-0.05, 0) is 37.3 Å². The van der Waals surface area contributed by atoms with Gasteiger partial charge in [0.2, 0.25) is 0 Å². The number of carboxylic acid groups (broad SMARTS) is 4. The number of hydrogen-bond donors (Lipinski definition) is 4. The van der Waals surface area contributed by atoms with E-state index in [1.165, 1.54) is 6.08 Å². The Hall–Kier alpha value is -2.94. The molecule has 1 unspecified atom stereocenters.